The van der Waals surface area contributed by atoms with E-state index in [-0.39, 0.29) is 12.1 Å². The van der Waals surface area contributed by atoms with Crippen LogP contribution in [0.3, 0.4) is 0 Å². The third-order valence-electron chi connectivity index (χ3n) is 5.07. The van der Waals surface area contributed by atoms with Crippen LogP contribution in [0.25, 0.3) is 0 Å². The predicted octanol–water partition coefficient (Wildman–Crippen LogP) is 3.39. The number of benzene rings is 1. The topological polar surface area (TPSA) is 32.8 Å². The van der Waals surface area contributed by atoms with Gasteiger partial charge >= 0.3 is 6.18 Å². The molecule has 4 nitrogen and oxygen atoms in total. The molecule has 1 aromatic rings. The largest absolute Gasteiger partial charge is 0.389 e. The number of rotatable bonds is 5. The number of amides is 1. The Bertz CT molecular complexity index is 588. The number of ether oxygens (including phenoxy) is 1. The van der Waals surface area contributed by atoms with E-state index in [0.29, 0.717) is 19.7 Å². The maximum absolute atomic E-state index is 12.6. The van der Waals surface area contributed by atoms with Gasteiger partial charge in [0.15, 0.2) is 0 Å². The summed E-state index contributed by atoms with van der Waals surface area (Å²) in [4.78, 5) is 16.5. The third-order valence-corrected chi connectivity index (χ3v) is 5.07. The van der Waals surface area contributed by atoms with Crippen LogP contribution in [0.2, 0.25) is 0 Å². The number of likely N-dealkylation sites (tertiary alicyclic amines) is 1. The Labute approximate surface area is 151 Å². The minimum atomic E-state index is -4.32. The van der Waals surface area contributed by atoms with Crippen molar-refractivity contribution in [2.75, 3.05) is 32.8 Å². The molecule has 2 heterocycles. The highest BCUT2D eigenvalue weighted by Gasteiger charge is 2.38. The Morgan fingerprint density at radius 1 is 1.12 bits per heavy atom. The molecular formula is C19H25F3N2O2. The fourth-order valence-electron chi connectivity index (χ4n) is 3.82. The molecule has 3 rings (SSSR count). The van der Waals surface area contributed by atoms with Gasteiger partial charge in [0.2, 0.25) is 5.91 Å². The van der Waals surface area contributed by atoms with Crippen LogP contribution >= 0.6 is 0 Å². The van der Waals surface area contributed by atoms with E-state index >= 15 is 0 Å². The van der Waals surface area contributed by atoms with Crippen molar-refractivity contribution in [2.24, 2.45) is 0 Å². The van der Waals surface area contributed by atoms with Crippen LogP contribution in [-0.4, -0.2) is 60.8 Å². The van der Waals surface area contributed by atoms with Gasteiger partial charge in [0.05, 0.1) is 25.2 Å². The molecule has 1 aromatic carbocycles. The first kappa shape index (κ1) is 19.2. The van der Waals surface area contributed by atoms with Crippen molar-refractivity contribution in [2.45, 2.75) is 44.0 Å². The SMILES string of the molecule is O=C(CCC(F)(F)F)N1CCO[C@@H](CN2CCCC2)[C@@H]1c1ccccc1. The quantitative estimate of drug-likeness (QED) is 0.797. The van der Waals surface area contributed by atoms with E-state index < -0.39 is 24.9 Å². The molecule has 2 fully saturated rings. The van der Waals surface area contributed by atoms with Gasteiger partial charge in [0.25, 0.3) is 0 Å². The average molecular weight is 370 g/mol. The second-order valence-electron chi connectivity index (χ2n) is 6.97. The Morgan fingerprint density at radius 3 is 2.46 bits per heavy atom. The first-order valence-electron chi connectivity index (χ1n) is 9.19. The van der Waals surface area contributed by atoms with Crippen LogP contribution in [0, 0.1) is 0 Å². The number of carbonyl (C=O) groups is 1. The Morgan fingerprint density at radius 2 is 1.81 bits per heavy atom. The summed E-state index contributed by atoms with van der Waals surface area (Å²) in [7, 11) is 0. The van der Waals surface area contributed by atoms with Crippen LogP contribution < -0.4 is 0 Å². The standard InChI is InChI=1S/C19H25F3N2O2/c20-19(21,22)9-8-17(25)24-12-13-26-16(14-23-10-4-5-11-23)18(24)15-6-2-1-3-7-15/h1-3,6-7,16,18H,4-5,8-14H2/t16-,18-/m0/s1. The highest BCUT2D eigenvalue weighted by Crippen LogP contribution is 2.32. The molecule has 7 heteroatoms. The van der Waals surface area contributed by atoms with Gasteiger partial charge in [-0.05, 0) is 31.5 Å². The summed E-state index contributed by atoms with van der Waals surface area (Å²) in [6, 6.07) is 9.15. The van der Waals surface area contributed by atoms with Crippen molar-refractivity contribution in [3.8, 4) is 0 Å². The van der Waals surface area contributed by atoms with E-state index in [4.69, 9.17) is 4.74 Å². The lowest BCUT2D eigenvalue weighted by atomic mass is 9.97. The van der Waals surface area contributed by atoms with Crippen LogP contribution in [0.1, 0.15) is 37.3 Å². The highest BCUT2D eigenvalue weighted by atomic mass is 19.4. The van der Waals surface area contributed by atoms with Gasteiger partial charge in [-0.1, -0.05) is 30.3 Å². The molecule has 2 aliphatic heterocycles. The fourth-order valence-corrected chi connectivity index (χ4v) is 3.82. The molecule has 2 saturated heterocycles. The van der Waals surface area contributed by atoms with Gasteiger partial charge in [0.1, 0.15) is 0 Å². The zero-order valence-electron chi connectivity index (χ0n) is 14.8. The molecule has 0 spiro atoms. The molecular weight excluding hydrogens is 345 g/mol. The average Bonchev–Trinajstić information content (AvgIpc) is 3.12. The first-order valence-corrected chi connectivity index (χ1v) is 9.19. The monoisotopic (exact) mass is 370 g/mol. The second-order valence-corrected chi connectivity index (χ2v) is 6.97. The second kappa shape index (κ2) is 8.39. The summed E-state index contributed by atoms with van der Waals surface area (Å²) in [5, 5.41) is 0. The van der Waals surface area contributed by atoms with Crippen LogP contribution in [0.4, 0.5) is 13.2 Å². The van der Waals surface area contributed by atoms with E-state index in [1.807, 2.05) is 30.3 Å². The van der Waals surface area contributed by atoms with E-state index in [1.54, 1.807) is 4.90 Å². The number of alkyl halides is 3. The van der Waals surface area contributed by atoms with Crippen LogP contribution in [-0.2, 0) is 9.53 Å². The summed E-state index contributed by atoms with van der Waals surface area (Å²) in [6.07, 6.45) is -3.84. The molecule has 1 amide bonds. The van der Waals surface area contributed by atoms with Crippen molar-refractivity contribution < 1.29 is 22.7 Å². The number of nitrogens with zero attached hydrogens (tertiary/aromatic N) is 2. The fraction of sp³-hybridized carbons (Fsp3) is 0.632. The molecule has 0 N–H and O–H groups in total. The van der Waals surface area contributed by atoms with E-state index in [0.717, 1.165) is 31.5 Å². The molecule has 0 bridgehead atoms. The van der Waals surface area contributed by atoms with E-state index in [2.05, 4.69) is 4.90 Å². The minimum Gasteiger partial charge on any atom is -0.373 e. The van der Waals surface area contributed by atoms with Gasteiger partial charge in [-0.3, -0.25) is 4.79 Å². The van der Waals surface area contributed by atoms with Crippen molar-refractivity contribution in [3.63, 3.8) is 0 Å². The summed E-state index contributed by atoms with van der Waals surface area (Å²) in [5.74, 6) is -0.453. The molecule has 0 saturated carbocycles. The minimum absolute atomic E-state index is 0.223. The number of halogens is 3. The molecule has 2 atom stereocenters. The maximum Gasteiger partial charge on any atom is 0.389 e. The lowest BCUT2D eigenvalue weighted by molar-refractivity contribution is -0.159. The Hall–Kier alpha value is -1.60. The molecule has 2 aliphatic rings. The van der Waals surface area contributed by atoms with Crippen molar-refractivity contribution in [3.05, 3.63) is 35.9 Å². The van der Waals surface area contributed by atoms with Crippen LogP contribution in [0.5, 0.6) is 0 Å². The van der Waals surface area contributed by atoms with Crippen molar-refractivity contribution in [1.29, 1.82) is 0 Å². The van der Waals surface area contributed by atoms with Crippen LogP contribution in [0.15, 0.2) is 30.3 Å². The molecule has 0 radical (unpaired) electrons. The van der Waals surface area contributed by atoms with E-state index in [9.17, 15) is 18.0 Å². The molecule has 144 valence electrons. The van der Waals surface area contributed by atoms with Gasteiger partial charge in [-0.15, -0.1) is 0 Å². The van der Waals surface area contributed by atoms with Gasteiger partial charge < -0.3 is 14.5 Å². The molecule has 26 heavy (non-hydrogen) atoms. The normalized spacial score (nSPS) is 24.8. The molecule has 0 unspecified atom stereocenters. The lowest BCUT2D eigenvalue weighted by Crippen LogP contribution is -2.51. The van der Waals surface area contributed by atoms with Crippen molar-refractivity contribution in [1.82, 2.24) is 9.80 Å². The summed E-state index contributed by atoms with van der Waals surface area (Å²) < 4.78 is 43.6. The van der Waals surface area contributed by atoms with Gasteiger partial charge in [-0.25, -0.2) is 0 Å². The zero-order valence-corrected chi connectivity index (χ0v) is 14.8. The first-order chi connectivity index (χ1) is 12.4. The number of morpholine rings is 1. The van der Waals surface area contributed by atoms with Gasteiger partial charge in [0, 0.05) is 19.5 Å². The summed E-state index contributed by atoms with van der Waals surface area (Å²) >= 11 is 0. The maximum atomic E-state index is 12.6. The smallest absolute Gasteiger partial charge is 0.373 e. The number of hydrogen-bond acceptors (Lipinski definition) is 3. The predicted molar refractivity (Wildman–Crippen MR) is 91.6 cm³/mol. The Kier molecular flexibility index (Phi) is 6.19. The summed E-state index contributed by atoms with van der Waals surface area (Å²) in [5.41, 5.74) is 0.914. The molecule has 0 aromatic heterocycles. The third kappa shape index (κ3) is 4.98. The van der Waals surface area contributed by atoms with Gasteiger partial charge in [-0.2, -0.15) is 13.2 Å². The number of hydrogen-bond donors (Lipinski definition) is 0. The zero-order chi connectivity index (χ0) is 18.6. The van der Waals surface area contributed by atoms with Crippen molar-refractivity contribution >= 4 is 5.91 Å². The van der Waals surface area contributed by atoms with E-state index in [1.165, 1.54) is 0 Å². The summed E-state index contributed by atoms with van der Waals surface area (Å²) in [6.45, 7) is 3.39. The number of carbonyl (C=O) groups excluding carboxylic acids is 1. The lowest BCUT2D eigenvalue weighted by Gasteiger charge is -2.43. The Balaban J connectivity index is 1.78. The highest BCUT2D eigenvalue weighted by molar-refractivity contribution is 5.77. The molecule has 0 aliphatic carbocycles.